The number of sulfonamides is 1. The Bertz CT molecular complexity index is 1000. The number of ether oxygens (including phenoxy) is 2. The Morgan fingerprint density at radius 1 is 1.00 bits per heavy atom. The van der Waals surface area contributed by atoms with Gasteiger partial charge in [0, 0.05) is 18.1 Å². The first-order chi connectivity index (χ1) is 13.9. The third kappa shape index (κ3) is 4.66. The number of benzene rings is 2. The van der Waals surface area contributed by atoms with Crippen molar-refractivity contribution in [3.05, 3.63) is 47.0 Å². The van der Waals surface area contributed by atoms with E-state index in [1.807, 2.05) is 0 Å². The highest BCUT2D eigenvalue weighted by atomic mass is 35.5. The summed E-state index contributed by atoms with van der Waals surface area (Å²) in [5.41, 5.74) is 0.476. The summed E-state index contributed by atoms with van der Waals surface area (Å²) in [7, 11) is -0.750. The predicted molar refractivity (Wildman–Crippen MR) is 112 cm³/mol. The van der Waals surface area contributed by atoms with Crippen LogP contribution < -0.4 is 14.8 Å². The summed E-state index contributed by atoms with van der Waals surface area (Å²) >= 11 is 6.01. The van der Waals surface area contributed by atoms with E-state index in [0.29, 0.717) is 29.6 Å². The monoisotopic (exact) mass is 438 g/mol. The Kier molecular flexibility index (Phi) is 6.66. The van der Waals surface area contributed by atoms with E-state index >= 15 is 0 Å². The molecule has 0 unspecified atom stereocenters. The average molecular weight is 439 g/mol. The molecule has 3 rings (SSSR count). The maximum absolute atomic E-state index is 13.0. The molecule has 1 aliphatic heterocycles. The summed E-state index contributed by atoms with van der Waals surface area (Å²) in [6.45, 7) is 0.992. The second-order valence-electron chi connectivity index (χ2n) is 6.63. The molecule has 2 aromatic rings. The lowest BCUT2D eigenvalue weighted by molar-refractivity contribution is 0.102. The van der Waals surface area contributed by atoms with Crippen LogP contribution in [0.5, 0.6) is 11.5 Å². The van der Waals surface area contributed by atoms with Crippen molar-refractivity contribution in [2.24, 2.45) is 0 Å². The number of carbonyl (C=O) groups is 1. The second-order valence-corrected chi connectivity index (χ2v) is 9.00. The Balaban J connectivity index is 1.94. The van der Waals surface area contributed by atoms with Crippen LogP contribution in [-0.4, -0.2) is 45.9 Å². The molecule has 29 heavy (non-hydrogen) atoms. The Labute approximate surface area is 175 Å². The van der Waals surface area contributed by atoms with Gasteiger partial charge in [-0.15, -0.1) is 0 Å². The van der Waals surface area contributed by atoms with Crippen molar-refractivity contribution in [1.82, 2.24) is 4.31 Å². The van der Waals surface area contributed by atoms with Crippen molar-refractivity contribution in [1.29, 1.82) is 0 Å². The first kappa shape index (κ1) is 21.4. The van der Waals surface area contributed by atoms with Gasteiger partial charge >= 0.3 is 0 Å². The molecule has 9 heteroatoms. The fourth-order valence-electron chi connectivity index (χ4n) is 3.25. The minimum Gasteiger partial charge on any atom is -0.496 e. The lowest BCUT2D eigenvalue weighted by atomic mass is 10.1. The molecule has 7 nitrogen and oxygen atoms in total. The minimum absolute atomic E-state index is 0.105. The number of halogens is 1. The van der Waals surface area contributed by atoms with Crippen LogP contribution in [0.15, 0.2) is 41.3 Å². The number of methoxy groups -OCH3 is 2. The van der Waals surface area contributed by atoms with Gasteiger partial charge < -0.3 is 14.8 Å². The van der Waals surface area contributed by atoms with Gasteiger partial charge in [-0.2, -0.15) is 4.31 Å². The second kappa shape index (κ2) is 9.02. The molecule has 0 radical (unpaired) electrons. The lowest BCUT2D eigenvalue weighted by Gasteiger charge is -2.26. The zero-order valence-electron chi connectivity index (χ0n) is 16.3. The fourth-order valence-corrected chi connectivity index (χ4v) is 4.96. The van der Waals surface area contributed by atoms with Gasteiger partial charge in [-0.25, -0.2) is 8.42 Å². The SMILES string of the molecule is COc1ccc(S(=O)(=O)N2CCCCC2)cc1NC(=O)c1cc(Cl)ccc1OC. The average Bonchev–Trinajstić information content (AvgIpc) is 2.74. The summed E-state index contributed by atoms with van der Waals surface area (Å²) in [6, 6.07) is 9.11. The molecule has 0 spiro atoms. The Hall–Kier alpha value is -2.29. The van der Waals surface area contributed by atoms with Crippen molar-refractivity contribution < 1.29 is 22.7 Å². The number of carbonyl (C=O) groups excluding carboxylic acids is 1. The number of amides is 1. The van der Waals surface area contributed by atoms with Crippen LogP contribution in [0.25, 0.3) is 0 Å². The van der Waals surface area contributed by atoms with Crippen LogP contribution in [0.3, 0.4) is 0 Å². The van der Waals surface area contributed by atoms with Gasteiger partial charge in [-0.1, -0.05) is 18.0 Å². The van der Waals surface area contributed by atoms with Crippen LogP contribution in [0.2, 0.25) is 5.02 Å². The van der Waals surface area contributed by atoms with E-state index in [4.69, 9.17) is 21.1 Å². The molecule has 0 aliphatic carbocycles. The quantitative estimate of drug-likeness (QED) is 0.741. The van der Waals surface area contributed by atoms with Gasteiger partial charge in [-0.3, -0.25) is 4.79 Å². The molecular formula is C20H23ClN2O5S. The molecule has 1 amide bonds. The molecule has 1 saturated heterocycles. The molecular weight excluding hydrogens is 416 g/mol. The number of nitrogens with one attached hydrogen (secondary N) is 1. The zero-order chi connectivity index (χ0) is 21.0. The molecule has 1 fully saturated rings. The third-order valence-corrected chi connectivity index (χ3v) is 6.91. The first-order valence-electron chi connectivity index (χ1n) is 9.20. The number of piperidine rings is 1. The first-order valence-corrected chi connectivity index (χ1v) is 11.0. The van der Waals surface area contributed by atoms with Crippen molar-refractivity contribution in [2.45, 2.75) is 24.2 Å². The van der Waals surface area contributed by atoms with E-state index in [1.54, 1.807) is 12.1 Å². The van der Waals surface area contributed by atoms with Gasteiger partial charge in [0.2, 0.25) is 10.0 Å². The molecule has 0 saturated carbocycles. The maximum atomic E-state index is 13.0. The smallest absolute Gasteiger partial charge is 0.259 e. The van der Waals surface area contributed by atoms with E-state index in [0.717, 1.165) is 19.3 Å². The van der Waals surface area contributed by atoms with E-state index < -0.39 is 15.9 Å². The molecule has 1 heterocycles. The molecule has 0 atom stereocenters. The summed E-state index contributed by atoms with van der Waals surface area (Å²) < 4.78 is 37.9. The predicted octanol–water partition coefficient (Wildman–Crippen LogP) is 3.78. The topological polar surface area (TPSA) is 84.9 Å². The van der Waals surface area contributed by atoms with Crippen LogP contribution in [0, 0.1) is 0 Å². The van der Waals surface area contributed by atoms with Crippen LogP contribution in [0.4, 0.5) is 5.69 Å². The maximum Gasteiger partial charge on any atom is 0.259 e. The molecule has 2 aromatic carbocycles. The molecule has 1 N–H and O–H groups in total. The largest absolute Gasteiger partial charge is 0.496 e. The van der Waals surface area contributed by atoms with Crippen LogP contribution >= 0.6 is 11.6 Å². The molecule has 0 aromatic heterocycles. The van der Waals surface area contributed by atoms with E-state index in [9.17, 15) is 13.2 Å². The molecule has 156 valence electrons. The van der Waals surface area contributed by atoms with Crippen molar-refractivity contribution in [3.8, 4) is 11.5 Å². The van der Waals surface area contributed by atoms with E-state index in [-0.39, 0.29) is 16.1 Å². The van der Waals surface area contributed by atoms with Crippen molar-refractivity contribution in [2.75, 3.05) is 32.6 Å². The van der Waals surface area contributed by atoms with E-state index in [1.165, 1.54) is 42.8 Å². The van der Waals surface area contributed by atoms with E-state index in [2.05, 4.69) is 5.32 Å². The van der Waals surface area contributed by atoms with Crippen LogP contribution in [0.1, 0.15) is 29.6 Å². The summed E-state index contributed by atoms with van der Waals surface area (Å²) in [5, 5.41) is 3.09. The highest BCUT2D eigenvalue weighted by Gasteiger charge is 2.27. The lowest BCUT2D eigenvalue weighted by Crippen LogP contribution is -2.35. The number of nitrogens with zero attached hydrogens (tertiary/aromatic N) is 1. The van der Waals surface area contributed by atoms with Gasteiger partial charge in [0.05, 0.1) is 30.4 Å². The number of hydrogen-bond acceptors (Lipinski definition) is 5. The summed E-state index contributed by atoms with van der Waals surface area (Å²) in [5.74, 6) is 0.204. The molecule has 0 bridgehead atoms. The zero-order valence-corrected chi connectivity index (χ0v) is 17.8. The summed E-state index contributed by atoms with van der Waals surface area (Å²) in [6.07, 6.45) is 2.71. The van der Waals surface area contributed by atoms with Gasteiger partial charge in [0.1, 0.15) is 11.5 Å². The highest BCUT2D eigenvalue weighted by Crippen LogP contribution is 2.31. The van der Waals surface area contributed by atoms with Crippen molar-refractivity contribution >= 4 is 33.2 Å². The van der Waals surface area contributed by atoms with Gasteiger partial charge in [-0.05, 0) is 49.2 Å². The van der Waals surface area contributed by atoms with Gasteiger partial charge in [0.15, 0.2) is 0 Å². The fraction of sp³-hybridized carbons (Fsp3) is 0.350. The Morgan fingerprint density at radius 3 is 2.31 bits per heavy atom. The molecule has 1 aliphatic rings. The summed E-state index contributed by atoms with van der Waals surface area (Å²) in [4.78, 5) is 12.9. The number of hydrogen-bond donors (Lipinski definition) is 1. The van der Waals surface area contributed by atoms with Gasteiger partial charge in [0.25, 0.3) is 5.91 Å². The number of anilines is 1. The minimum atomic E-state index is -3.65. The normalized spacial score (nSPS) is 15.0. The Morgan fingerprint density at radius 2 is 1.66 bits per heavy atom. The third-order valence-electron chi connectivity index (χ3n) is 4.78. The van der Waals surface area contributed by atoms with Crippen LogP contribution in [-0.2, 0) is 10.0 Å². The van der Waals surface area contributed by atoms with Crippen molar-refractivity contribution in [3.63, 3.8) is 0 Å². The number of rotatable bonds is 6. The highest BCUT2D eigenvalue weighted by molar-refractivity contribution is 7.89. The standard InChI is InChI=1S/C20H23ClN2O5S/c1-27-18-8-6-14(21)12-16(18)20(24)22-17-13-15(7-9-19(17)28-2)29(25,26)23-10-4-3-5-11-23/h6-9,12-13H,3-5,10-11H2,1-2H3,(H,22,24).